The Kier molecular flexibility index (Phi) is 5.04. The zero-order valence-electron chi connectivity index (χ0n) is 10.3. The van der Waals surface area contributed by atoms with Crippen molar-refractivity contribution in [3.8, 4) is 0 Å². The first kappa shape index (κ1) is 16.4. The maximum Gasteiger partial charge on any atom is 0.416 e. The molecule has 0 unspecified atom stereocenters. The van der Waals surface area contributed by atoms with E-state index < -0.39 is 36.7 Å². The number of nitrogens with one attached hydrogen (secondary N) is 1. The number of carbonyl (C=O) groups excluding carboxylic acids is 1. The highest BCUT2D eigenvalue weighted by atomic mass is 19.4. The summed E-state index contributed by atoms with van der Waals surface area (Å²) >= 11 is 0. The minimum Gasteiger partial charge on any atom is -0.350 e. The van der Waals surface area contributed by atoms with E-state index in [4.69, 9.17) is 5.73 Å². The summed E-state index contributed by atoms with van der Waals surface area (Å²) in [6.07, 6.45) is -4.73. The Morgan fingerprint density at radius 1 is 1.10 bits per heavy atom. The summed E-state index contributed by atoms with van der Waals surface area (Å²) < 4.78 is 62.4. The third kappa shape index (κ3) is 5.12. The monoisotopic (exact) mass is 296 g/mol. The number of benzene rings is 1. The van der Waals surface area contributed by atoms with Gasteiger partial charge in [0.2, 0.25) is 5.91 Å². The van der Waals surface area contributed by atoms with Crippen molar-refractivity contribution in [2.45, 2.75) is 18.5 Å². The number of hydrogen-bond donors (Lipinski definition) is 2. The second-order valence-electron chi connectivity index (χ2n) is 4.21. The van der Waals surface area contributed by atoms with E-state index >= 15 is 0 Å². The molecule has 0 heterocycles. The third-order valence-electron chi connectivity index (χ3n) is 2.49. The zero-order valence-corrected chi connectivity index (χ0v) is 10.3. The number of hydrogen-bond acceptors (Lipinski definition) is 2. The maximum atomic E-state index is 12.8. The van der Waals surface area contributed by atoms with Gasteiger partial charge in [0.05, 0.1) is 25.1 Å². The highest BCUT2D eigenvalue weighted by Crippen LogP contribution is 2.29. The van der Waals surface area contributed by atoms with Crippen LogP contribution in [0.15, 0.2) is 24.3 Å². The fourth-order valence-corrected chi connectivity index (χ4v) is 1.36. The lowest BCUT2D eigenvalue weighted by atomic mass is 10.1. The van der Waals surface area contributed by atoms with Gasteiger partial charge in [-0.15, -0.1) is 0 Å². The van der Waals surface area contributed by atoms with Gasteiger partial charge >= 0.3 is 6.18 Å². The summed E-state index contributed by atoms with van der Waals surface area (Å²) in [5, 5.41) is 1.98. The van der Waals surface area contributed by atoms with Crippen molar-refractivity contribution in [1.82, 2.24) is 5.32 Å². The number of amides is 1. The van der Waals surface area contributed by atoms with E-state index in [1.165, 1.54) is 0 Å². The van der Waals surface area contributed by atoms with Crippen LogP contribution in [0.3, 0.4) is 0 Å². The first-order valence-corrected chi connectivity index (χ1v) is 5.65. The summed E-state index contributed by atoms with van der Waals surface area (Å²) in [5.74, 6) is -3.91. The van der Waals surface area contributed by atoms with Crippen LogP contribution in [-0.2, 0) is 17.4 Å². The molecule has 0 saturated heterocycles. The van der Waals surface area contributed by atoms with Crippen LogP contribution in [0.2, 0.25) is 0 Å². The second-order valence-corrected chi connectivity index (χ2v) is 4.21. The summed E-state index contributed by atoms with van der Waals surface area (Å²) in [6, 6.07) is 3.92. The number of nitrogens with two attached hydrogens (primary N) is 1. The third-order valence-corrected chi connectivity index (χ3v) is 2.49. The first-order valence-electron chi connectivity index (χ1n) is 5.65. The predicted molar refractivity (Wildman–Crippen MR) is 62.2 cm³/mol. The molecule has 8 heteroatoms. The standard InChI is InChI=1S/C12H13F5N2O/c13-11(14,6-18)7-19-10(20)5-8-1-3-9(4-2-8)12(15,16)17/h1-4H,5-7,18H2,(H,19,20). The molecule has 0 aliphatic rings. The van der Waals surface area contributed by atoms with Gasteiger partial charge in [0, 0.05) is 0 Å². The van der Waals surface area contributed by atoms with E-state index in [9.17, 15) is 26.7 Å². The molecule has 0 spiro atoms. The van der Waals surface area contributed by atoms with E-state index in [2.05, 4.69) is 0 Å². The van der Waals surface area contributed by atoms with E-state index in [0.717, 1.165) is 24.3 Å². The topological polar surface area (TPSA) is 55.1 Å². The first-order chi connectivity index (χ1) is 9.14. The number of carbonyl (C=O) groups is 1. The lowest BCUT2D eigenvalue weighted by molar-refractivity contribution is -0.137. The Labute approximate surface area is 112 Å². The van der Waals surface area contributed by atoms with Gasteiger partial charge in [-0.2, -0.15) is 13.2 Å². The normalized spacial score (nSPS) is 12.3. The molecule has 0 atom stereocenters. The van der Waals surface area contributed by atoms with Crippen LogP contribution in [0, 0.1) is 0 Å². The minimum atomic E-state index is -4.45. The van der Waals surface area contributed by atoms with E-state index in [-0.39, 0.29) is 6.42 Å². The van der Waals surface area contributed by atoms with Crippen LogP contribution >= 0.6 is 0 Å². The summed E-state index contributed by atoms with van der Waals surface area (Å²) in [6.45, 7) is -1.80. The van der Waals surface area contributed by atoms with Crippen molar-refractivity contribution >= 4 is 5.91 Å². The molecular weight excluding hydrogens is 283 g/mol. The average molecular weight is 296 g/mol. The molecule has 0 saturated carbocycles. The van der Waals surface area contributed by atoms with Crippen molar-refractivity contribution < 1.29 is 26.7 Å². The number of halogens is 5. The van der Waals surface area contributed by atoms with Crippen LogP contribution in [0.1, 0.15) is 11.1 Å². The molecule has 1 aromatic carbocycles. The Hall–Kier alpha value is -1.70. The predicted octanol–water partition coefficient (Wildman–Crippen LogP) is 1.96. The molecule has 0 aromatic heterocycles. The van der Waals surface area contributed by atoms with Crippen molar-refractivity contribution in [2.75, 3.05) is 13.1 Å². The molecule has 112 valence electrons. The zero-order chi connectivity index (χ0) is 15.4. The lowest BCUT2D eigenvalue weighted by Gasteiger charge is -2.14. The quantitative estimate of drug-likeness (QED) is 0.816. The Bertz CT molecular complexity index is 456. The molecule has 20 heavy (non-hydrogen) atoms. The molecule has 1 amide bonds. The van der Waals surface area contributed by atoms with Gasteiger partial charge in [-0.25, -0.2) is 8.78 Å². The molecule has 0 fully saturated rings. The second kappa shape index (κ2) is 6.17. The van der Waals surface area contributed by atoms with E-state index in [1.807, 2.05) is 5.32 Å². The maximum absolute atomic E-state index is 12.8. The number of rotatable bonds is 5. The summed E-state index contributed by atoms with van der Waals surface area (Å²) in [7, 11) is 0. The largest absolute Gasteiger partial charge is 0.416 e. The van der Waals surface area contributed by atoms with Crippen molar-refractivity contribution in [3.05, 3.63) is 35.4 Å². The molecule has 0 aliphatic carbocycles. The molecule has 3 nitrogen and oxygen atoms in total. The summed E-state index contributed by atoms with van der Waals surface area (Å²) in [4.78, 5) is 11.3. The van der Waals surface area contributed by atoms with Crippen LogP contribution in [0.5, 0.6) is 0 Å². The fraction of sp³-hybridized carbons (Fsp3) is 0.417. The van der Waals surface area contributed by atoms with E-state index in [1.54, 1.807) is 0 Å². The number of alkyl halides is 5. The van der Waals surface area contributed by atoms with Crippen molar-refractivity contribution in [1.29, 1.82) is 0 Å². The lowest BCUT2D eigenvalue weighted by Crippen LogP contribution is -2.42. The van der Waals surface area contributed by atoms with Gasteiger partial charge in [0.15, 0.2) is 0 Å². The van der Waals surface area contributed by atoms with Gasteiger partial charge in [-0.3, -0.25) is 4.79 Å². The molecule has 0 radical (unpaired) electrons. The van der Waals surface area contributed by atoms with Crippen LogP contribution in [0.25, 0.3) is 0 Å². The van der Waals surface area contributed by atoms with Gasteiger partial charge in [0.25, 0.3) is 5.92 Å². The van der Waals surface area contributed by atoms with Crippen molar-refractivity contribution in [2.24, 2.45) is 5.73 Å². The van der Waals surface area contributed by atoms with Crippen LogP contribution < -0.4 is 11.1 Å². The fourth-order valence-electron chi connectivity index (χ4n) is 1.36. The van der Waals surface area contributed by atoms with Crippen molar-refractivity contribution in [3.63, 3.8) is 0 Å². The van der Waals surface area contributed by atoms with E-state index in [0.29, 0.717) is 5.56 Å². The molecule has 0 aliphatic heterocycles. The Morgan fingerprint density at radius 3 is 2.10 bits per heavy atom. The minimum absolute atomic E-state index is 0.279. The Balaban J connectivity index is 2.55. The molecule has 1 rings (SSSR count). The average Bonchev–Trinajstić information content (AvgIpc) is 2.36. The van der Waals surface area contributed by atoms with Gasteiger partial charge in [-0.1, -0.05) is 12.1 Å². The SMILES string of the molecule is NCC(F)(F)CNC(=O)Cc1ccc(C(F)(F)F)cc1. The van der Waals surface area contributed by atoms with Gasteiger partial charge in [0.1, 0.15) is 0 Å². The molecular formula is C12H13F5N2O. The molecule has 1 aromatic rings. The highest BCUT2D eigenvalue weighted by Gasteiger charge is 2.30. The molecule has 3 N–H and O–H groups in total. The highest BCUT2D eigenvalue weighted by molar-refractivity contribution is 5.78. The van der Waals surface area contributed by atoms with Crippen LogP contribution in [0.4, 0.5) is 22.0 Å². The smallest absolute Gasteiger partial charge is 0.350 e. The summed E-state index contributed by atoms with van der Waals surface area (Å²) in [5.41, 5.74) is 4.26. The Morgan fingerprint density at radius 2 is 1.65 bits per heavy atom. The van der Waals surface area contributed by atoms with Gasteiger partial charge in [-0.05, 0) is 17.7 Å². The van der Waals surface area contributed by atoms with Crippen LogP contribution in [-0.4, -0.2) is 24.9 Å². The van der Waals surface area contributed by atoms with Gasteiger partial charge < -0.3 is 11.1 Å². The molecule has 0 bridgehead atoms.